The number of allylic oxidation sites excluding steroid dienone is 1. The third-order valence-electron chi connectivity index (χ3n) is 4.18. The van der Waals surface area contributed by atoms with Crippen molar-refractivity contribution in [3.63, 3.8) is 0 Å². The van der Waals surface area contributed by atoms with Crippen LogP contribution in [0.2, 0.25) is 0 Å². The highest BCUT2D eigenvalue weighted by Crippen LogP contribution is 2.31. The summed E-state index contributed by atoms with van der Waals surface area (Å²) in [5, 5.41) is 3.32. The van der Waals surface area contributed by atoms with Crippen LogP contribution in [0.5, 0.6) is 0 Å². The molecule has 0 aliphatic carbocycles. The first-order chi connectivity index (χ1) is 9.66. The van der Waals surface area contributed by atoms with Gasteiger partial charge in [0.15, 0.2) is 0 Å². The zero-order chi connectivity index (χ0) is 14.8. The van der Waals surface area contributed by atoms with Crippen LogP contribution in [0.25, 0.3) is 0 Å². The second kappa shape index (κ2) is 11.0. The quantitative estimate of drug-likeness (QED) is 0.525. The molecule has 0 spiro atoms. The molecule has 0 unspecified atom stereocenters. The van der Waals surface area contributed by atoms with Gasteiger partial charge in [0.1, 0.15) is 0 Å². The summed E-state index contributed by atoms with van der Waals surface area (Å²) in [4.78, 5) is 14.6. The highest BCUT2D eigenvalue weighted by atomic mass is 35.5. The number of amides is 1. The van der Waals surface area contributed by atoms with Crippen LogP contribution in [-0.2, 0) is 9.53 Å². The lowest BCUT2D eigenvalue weighted by molar-refractivity contribution is -0.146. The van der Waals surface area contributed by atoms with E-state index in [9.17, 15) is 4.79 Å². The lowest BCUT2D eigenvalue weighted by Gasteiger charge is -2.38. The Kier molecular flexibility index (Phi) is 10.7. The van der Waals surface area contributed by atoms with Crippen LogP contribution in [0.1, 0.15) is 38.5 Å². The number of piperidine rings is 1. The van der Waals surface area contributed by atoms with Crippen LogP contribution >= 0.6 is 12.4 Å². The number of nitrogens with one attached hydrogen (secondary N) is 1. The third kappa shape index (κ3) is 6.37. The minimum Gasteiger partial charge on any atom is -0.384 e. The first kappa shape index (κ1) is 20.4. The minimum atomic E-state index is -0.310. The van der Waals surface area contributed by atoms with Crippen LogP contribution in [0.15, 0.2) is 12.7 Å². The van der Waals surface area contributed by atoms with E-state index in [0.29, 0.717) is 6.61 Å². The van der Waals surface area contributed by atoms with E-state index in [1.807, 2.05) is 18.0 Å². The summed E-state index contributed by atoms with van der Waals surface area (Å²) in [5.74, 6) is 0.254. The summed E-state index contributed by atoms with van der Waals surface area (Å²) in [6.45, 7) is 6.92. The fourth-order valence-electron chi connectivity index (χ4n) is 2.92. The van der Waals surface area contributed by atoms with E-state index in [0.717, 1.165) is 51.7 Å². The second-order valence-electron chi connectivity index (χ2n) is 5.83. The Morgan fingerprint density at radius 3 is 2.57 bits per heavy atom. The van der Waals surface area contributed by atoms with E-state index in [4.69, 9.17) is 4.74 Å². The summed E-state index contributed by atoms with van der Waals surface area (Å²) in [5.41, 5.74) is -0.310. The molecule has 1 aliphatic rings. The average Bonchev–Trinajstić information content (AvgIpc) is 2.47. The maximum Gasteiger partial charge on any atom is 0.230 e. The van der Waals surface area contributed by atoms with E-state index in [2.05, 4.69) is 11.9 Å². The maximum atomic E-state index is 12.7. The topological polar surface area (TPSA) is 41.6 Å². The summed E-state index contributed by atoms with van der Waals surface area (Å²) in [7, 11) is 3.61. The van der Waals surface area contributed by atoms with Gasteiger partial charge in [-0.2, -0.15) is 0 Å². The third-order valence-corrected chi connectivity index (χ3v) is 4.18. The fourth-order valence-corrected chi connectivity index (χ4v) is 2.92. The van der Waals surface area contributed by atoms with Gasteiger partial charge in [-0.1, -0.05) is 12.5 Å². The second-order valence-corrected chi connectivity index (χ2v) is 5.83. The molecular formula is C16H31ClN2O2. The Bertz CT molecular complexity index is 299. The van der Waals surface area contributed by atoms with E-state index in [1.165, 1.54) is 6.42 Å². The first-order valence-electron chi connectivity index (χ1n) is 7.72. The standard InChI is InChI=1S/C16H30N2O2.ClH/c1-4-5-6-7-8-13-18(2)15(19)16(14-20-3)9-11-17-12-10-16;/h4,17H,1,5-14H2,2-3H3;1H. The van der Waals surface area contributed by atoms with Gasteiger partial charge in [-0.3, -0.25) is 4.79 Å². The van der Waals surface area contributed by atoms with E-state index in [-0.39, 0.29) is 23.7 Å². The maximum absolute atomic E-state index is 12.7. The molecule has 5 heteroatoms. The molecule has 0 aromatic rings. The van der Waals surface area contributed by atoms with E-state index in [1.54, 1.807) is 7.11 Å². The number of rotatable bonds is 9. The number of hydrogen-bond acceptors (Lipinski definition) is 3. The van der Waals surface area contributed by atoms with Crippen molar-refractivity contribution < 1.29 is 9.53 Å². The lowest BCUT2D eigenvalue weighted by atomic mass is 9.78. The zero-order valence-electron chi connectivity index (χ0n) is 13.5. The van der Waals surface area contributed by atoms with Crippen molar-refractivity contribution in [2.24, 2.45) is 5.41 Å². The number of nitrogens with zero attached hydrogens (tertiary/aromatic N) is 1. The summed E-state index contributed by atoms with van der Waals surface area (Å²) in [6.07, 6.45) is 8.16. The summed E-state index contributed by atoms with van der Waals surface area (Å²) in [6, 6.07) is 0. The predicted octanol–water partition coefficient (Wildman–Crippen LogP) is 2.63. The van der Waals surface area contributed by atoms with Crippen molar-refractivity contribution in [3.8, 4) is 0 Å². The van der Waals surface area contributed by atoms with Crippen molar-refractivity contribution in [2.45, 2.75) is 38.5 Å². The van der Waals surface area contributed by atoms with Gasteiger partial charge in [-0.15, -0.1) is 19.0 Å². The molecule has 0 radical (unpaired) electrons. The number of unbranched alkanes of at least 4 members (excludes halogenated alkanes) is 3. The molecule has 124 valence electrons. The van der Waals surface area contributed by atoms with E-state index < -0.39 is 0 Å². The first-order valence-corrected chi connectivity index (χ1v) is 7.72. The van der Waals surface area contributed by atoms with Gasteiger partial charge in [0.2, 0.25) is 5.91 Å². The molecule has 0 bridgehead atoms. The number of methoxy groups -OCH3 is 1. The molecule has 0 saturated carbocycles. The van der Waals surface area contributed by atoms with Gasteiger partial charge < -0.3 is 15.0 Å². The summed E-state index contributed by atoms with van der Waals surface area (Å²) < 4.78 is 5.33. The van der Waals surface area contributed by atoms with Gasteiger partial charge in [0.05, 0.1) is 12.0 Å². The molecule has 21 heavy (non-hydrogen) atoms. The van der Waals surface area contributed by atoms with E-state index >= 15 is 0 Å². The number of carbonyl (C=O) groups excluding carboxylic acids is 1. The van der Waals surface area contributed by atoms with Crippen LogP contribution in [0, 0.1) is 5.41 Å². The van der Waals surface area contributed by atoms with Crippen molar-refractivity contribution in [3.05, 3.63) is 12.7 Å². The fraction of sp³-hybridized carbons (Fsp3) is 0.812. The average molecular weight is 319 g/mol. The molecule has 1 N–H and O–H groups in total. The van der Waals surface area contributed by atoms with Gasteiger partial charge in [-0.25, -0.2) is 0 Å². The highest BCUT2D eigenvalue weighted by molar-refractivity contribution is 5.85. The van der Waals surface area contributed by atoms with Crippen LogP contribution in [-0.4, -0.2) is 51.2 Å². The van der Waals surface area contributed by atoms with Crippen molar-refractivity contribution in [1.82, 2.24) is 10.2 Å². The van der Waals surface area contributed by atoms with Gasteiger partial charge >= 0.3 is 0 Å². The SMILES string of the molecule is C=CCCCCCN(C)C(=O)C1(COC)CCNCC1.Cl. The Balaban J connectivity index is 0.00000400. The molecule has 1 amide bonds. The molecule has 4 nitrogen and oxygen atoms in total. The summed E-state index contributed by atoms with van der Waals surface area (Å²) >= 11 is 0. The monoisotopic (exact) mass is 318 g/mol. The van der Waals surface area contributed by atoms with Crippen molar-refractivity contribution in [2.75, 3.05) is 40.4 Å². The molecule has 0 aromatic heterocycles. The molecule has 0 atom stereocenters. The number of ether oxygens (including phenoxy) is 1. The Labute approximate surface area is 135 Å². The highest BCUT2D eigenvalue weighted by Gasteiger charge is 2.41. The van der Waals surface area contributed by atoms with Crippen LogP contribution < -0.4 is 5.32 Å². The Morgan fingerprint density at radius 2 is 2.00 bits per heavy atom. The Hall–Kier alpha value is -0.580. The molecule has 1 fully saturated rings. The molecular weight excluding hydrogens is 288 g/mol. The largest absolute Gasteiger partial charge is 0.384 e. The molecule has 1 saturated heterocycles. The zero-order valence-corrected chi connectivity index (χ0v) is 14.3. The minimum absolute atomic E-state index is 0. The van der Waals surface area contributed by atoms with Crippen molar-refractivity contribution in [1.29, 1.82) is 0 Å². The van der Waals surface area contributed by atoms with Gasteiger partial charge in [-0.05, 0) is 45.2 Å². The normalized spacial score (nSPS) is 16.9. The number of hydrogen-bond donors (Lipinski definition) is 1. The molecule has 1 rings (SSSR count). The molecule has 1 aliphatic heterocycles. The molecule has 1 heterocycles. The predicted molar refractivity (Wildman–Crippen MR) is 90.0 cm³/mol. The smallest absolute Gasteiger partial charge is 0.230 e. The number of carbonyl (C=O) groups is 1. The van der Waals surface area contributed by atoms with Crippen LogP contribution in [0.3, 0.4) is 0 Å². The lowest BCUT2D eigenvalue weighted by Crippen LogP contribution is -2.50. The number of halogens is 1. The van der Waals surface area contributed by atoms with Crippen molar-refractivity contribution >= 4 is 18.3 Å². The van der Waals surface area contributed by atoms with Gasteiger partial charge in [0, 0.05) is 20.7 Å². The van der Waals surface area contributed by atoms with Gasteiger partial charge in [0.25, 0.3) is 0 Å². The molecule has 0 aromatic carbocycles. The van der Waals surface area contributed by atoms with Crippen LogP contribution in [0.4, 0.5) is 0 Å². The Morgan fingerprint density at radius 1 is 1.33 bits per heavy atom.